The minimum atomic E-state index is -3.53. The van der Waals surface area contributed by atoms with E-state index < -0.39 is 10.0 Å². The zero-order chi connectivity index (χ0) is 20.0. The number of carbonyl (C=O) groups is 1. The lowest BCUT2D eigenvalue weighted by Gasteiger charge is -2.30. The van der Waals surface area contributed by atoms with Crippen molar-refractivity contribution in [1.29, 1.82) is 0 Å². The molecule has 28 heavy (non-hydrogen) atoms. The number of hydrogen-bond acceptors (Lipinski definition) is 4. The van der Waals surface area contributed by atoms with Crippen LogP contribution in [0.3, 0.4) is 0 Å². The summed E-state index contributed by atoms with van der Waals surface area (Å²) in [7, 11) is -1.86. The molecule has 0 saturated heterocycles. The van der Waals surface area contributed by atoms with Crippen LogP contribution in [0.1, 0.15) is 61.7 Å². The second-order valence-electron chi connectivity index (χ2n) is 7.97. The van der Waals surface area contributed by atoms with E-state index in [0.717, 1.165) is 44.6 Å². The first-order chi connectivity index (χ1) is 13.5. The van der Waals surface area contributed by atoms with Crippen molar-refractivity contribution in [3.05, 3.63) is 29.8 Å². The van der Waals surface area contributed by atoms with Gasteiger partial charge in [0, 0.05) is 38.4 Å². The van der Waals surface area contributed by atoms with E-state index in [1.807, 2.05) is 0 Å². The summed E-state index contributed by atoms with van der Waals surface area (Å²) in [6.45, 7) is 2.04. The Morgan fingerprint density at radius 2 is 1.79 bits per heavy atom. The van der Waals surface area contributed by atoms with Crippen LogP contribution < -0.4 is 5.32 Å². The predicted octanol–water partition coefficient (Wildman–Crippen LogP) is 3.19. The molecule has 0 aliphatic heterocycles. The lowest BCUT2D eigenvalue weighted by atomic mass is 9.96. The van der Waals surface area contributed by atoms with E-state index in [4.69, 9.17) is 4.74 Å². The number of nitrogens with one attached hydrogen (secondary N) is 1. The molecule has 3 rings (SSSR count). The molecule has 0 unspecified atom stereocenters. The van der Waals surface area contributed by atoms with Crippen LogP contribution in [0.4, 0.5) is 0 Å². The van der Waals surface area contributed by atoms with Crippen molar-refractivity contribution < 1.29 is 17.9 Å². The monoisotopic (exact) mass is 408 g/mol. The molecule has 0 aromatic heterocycles. The molecule has 0 atom stereocenters. The molecule has 0 radical (unpaired) electrons. The fraction of sp³-hybridized carbons (Fsp3) is 0.667. The molecule has 0 heterocycles. The van der Waals surface area contributed by atoms with Gasteiger partial charge in [-0.2, -0.15) is 4.31 Å². The molecule has 1 aromatic carbocycles. The highest BCUT2D eigenvalue weighted by molar-refractivity contribution is 7.89. The molecule has 1 amide bonds. The van der Waals surface area contributed by atoms with Gasteiger partial charge in [-0.3, -0.25) is 4.79 Å². The second-order valence-corrected chi connectivity index (χ2v) is 9.96. The van der Waals surface area contributed by atoms with Crippen molar-refractivity contribution in [3.8, 4) is 0 Å². The number of benzene rings is 1. The van der Waals surface area contributed by atoms with Crippen LogP contribution in [-0.4, -0.2) is 51.5 Å². The topological polar surface area (TPSA) is 75.7 Å². The van der Waals surface area contributed by atoms with Gasteiger partial charge in [0.2, 0.25) is 10.0 Å². The molecule has 2 fully saturated rings. The third-order valence-electron chi connectivity index (χ3n) is 5.68. The summed E-state index contributed by atoms with van der Waals surface area (Å²) in [5.41, 5.74) is 0.471. The number of nitrogens with zero attached hydrogens (tertiary/aromatic N) is 1. The van der Waals surface area contributed by atoms with Gasteiger partial charge in [0.1, 0.15) is 0 Å². The first kappa shape index (κ1) is 21.3. The average molecular weight is 409 g/mol. The highest BCUT2D eigenvalue weighted by Gasteiger charge is 2.29. The van der Waals surface area contributed by atoms with E-state index in [0.29, 0.717) is 18.7 Å². The van der Waals surface area contributed by atoms with Gasteiger partial charge in [0.15, 0.2) is 0 Å². The van der Waals surface area contributed by atoms with Crippen LogP contribution in [0.5, 0.6) is 0 Å². The zero-order valence-corrected chi connectivity index (χ0v) is 17.5. The highest BCUT2D eigenvalue weighted by atomic mass is 32.2. The summed E-state index contributed by atoms with van der Waals surface area (Å²) in [4.78, 5) is 12.5. The molecule has 2 aliphatic rings. The van der Waals surface area contributed by atoms with Gasteiger partial charge in [-0.15, -0.1) is 0 Å². The number of sulfonamides is 1. The van der Waals surface area contributed by atoms with Crippen molar-refractivity contribution in [3.63, 3.8) is 0 Å². The molecule has 1 N–H and O–H groups in total. The van der Waals surface area contributed by atoms with Crippen LogP contribution in [0.25, 0.3) is 0 Å². The second kappa shape index (κ2) is 9.85. The molecular weight excluding hydrogens is 376 g/mol. The Labute approximate surface area is 168 Å². The number of ether oxygens (including phenoxy) is 1. The van der Waals surface area contributed by atoms with Crippen LogP contribution in [0, 0.1) is 5.92 Å². The standard InChI is InChI=1S/C21H32N2O4S/c1-23(19-6-3-2-4-7-19)28(25,26)20-12-10-18(11-13-20)21(24)22-14-5-15-27-16-17-8-9-17/h10-13,17,19H,2-9,14-16H2,1H3,(H,22,24). The van der Waals surface area contributed by atoms with Crippen LogP contribution in [0.2, 0.25) is 0 Å². The predicted molar refractivity (Wildman–Crippen MR) is 109 cm³/mol. The average Bonchev–Trinajstić information content (AvgIpc) is 3.55. The molecule has 2 aliphatic carbocycles. The summed E-state index contributed by atoms with van der Waals surface area (Å²) in [6, 6.07) is 6.30. The molecule has 7 heteroatoms. The Kier molecular flexibility index (Phi) is 7.48. The van der Waals surface area contributed by atoms with E-state index in [1.54, 1.807) is 19.2 Å². The van der Waals surface area contributed by atoms with E-state index in [1.165, 1.54) is 35.7 Å². The lowest BCUT2D eigenvalue weighted by Crippen LogP contribution is -2.38. The Morgan fingerprint density at radius 3 is 2.43 bits per heavy atom. The molecule has 156 valence electrons. The minimum Gasteiger partial charge on any atom is -0.381 e. The third-order valence-corrected chi connectivity index (χ3v) is 7.61. The molecule has 1 aromatic rings. The van der Waals surface area contributed by atoms with Gasteiger partial charge < -0.3 is 10.1 Å². The molecule has 0 bridgehead atoms. The Bertz CT molecular complexity index is 738. The normalized spacial score (nSPS) is 18.4. The Balaban J connectivity index is 1.47. The maximum absolute atomic E-state index is 12.8. The van der Waals surface area contributed by atoms with Gasteiger partial charge in [-0.25, -0.2) is 8.42 Å². The van der Waals surface area contributed by atoms with Crippen LogP contribution in [-0.2, 0) is 14.8 Å². The van der Waals surface area contributed by atoms with Gasteiger partial charge >= 0.3 is 0 Å². The first-order valence-corrected chi connectivity index (χ1v) is 11.9. The summed E-state index contributed by atoms with van der Waals surface area (Å²) < 4.78 is 32.7. The van der Waals surface area contributed by atoms with Crippen molar-refractivity contribution in [1.82, 2.24) is 9.62 Å². The van der Waals surface area contributed by atoms with Gasteiger partial charge in [0.25, 0.3) is 5.91 Å². The van der Waals surface area contributed by atoms with Crippen molar-refractivity contribution in [2.24, 2.45) is 5.92 Å². The molecular formula is C21H32N2O4S. The number of hydrogen-bond donors (Lipinski definition) is 1. The highest BCUT2D eigenvalue weighted by Crippen LogP contribution is 2.28. The minimum absolute atomic E-state index is 0.0730. The molecule has 6 nitrogen and oxygen atoms in total. The Hall–Kier alpha value is -1.44. The van der Waals surface area contributed by atoms with Crippen LogP contribution >= 0.6 is 0 Å². The van der Waals surface area contributed by atoms with Gasteiger partial charge in [-0.1, -0.05) is 19.3 Å². The summed E-state index contributed by atoms with van der Waals surface area (Å²) >= 11 is 0. The van der Waals surface area contributed by atoms with E-state index in [2.05, 4.69) is 5.32 Å². The van der Waals surface area contributed by atoms with E-state index >= 15 is 0 Å². The molecule has 2 saturated carbocycles. The maximum atomic E-state index is 12.8. The number of rotatable bonds is 10. The maximum Gasteiger partial charge on any atom is 0.251 e. The van der Waals surface area contributed by atoms with Crippen molar-refractivity contribution in [2.75, 3.05) is 26.8 Å². The van der Waals surface area contributed by atoms with E-state index in [-0.39, 0.29) is 16.8 Å². The number of carbonyl (C=O) groups excluding carboxylic acids is 1. The van der Waals surface area contributed by atoms with Crippen LogP contribution in [0.15, 0.2) is 29.2 Å². The number of amides is 1. The smallest absolute Gasteiger partial charge is 0.251 e. The van der Waals surface area contributed by atoms with Crippen molar-refractivity contribution >= 4 is 15.9 Å². The Morgan fingerprint density at radius 1 is 1.11 bits per heavy atom. The zero-order valence-electron chi connectivity index (χ0n) is 16.7. The SMILES string of the molecule is CN(C1CCCCC1)S(=O)(=O)c1ccc(C(=O)NCCCOCC2CC2)cc1. The summed E-state index contributed by atoms with van der Waals surface area (Å²) in [5, 5.41) is 2.86. The lowest BCUT2D eigenvalue weighted by molar-refractivity contribution is 0.0937. The summed E-state index contributed by atoms with van der Waals surface area (Å²) in [6.07, 6.45) is 8.50. The first-order valence-electron chi connectivity index (χ1n) is 10.4. The van der Waals surface area contributed by atoms with Gasteiger partial charge in [-0.05, 0) is 62.3 Å². The molecule has 0 spiro atoms. The quantitative estimate of drug-likeness (QED) is 0.603. The fourth-order valence-corrected chi connectivity index (χ4v) is 5.01. The fourth-order valence-electron chi connectivity index (χ4n) is 3.60. The third kappa shape index (κ3) is 5.78. The van der Waals surface area contributed by atoms with Gasteiger partial charge in [0.05, 0.1) is 4.90 Å². The largest absolute Gasteiger partial charge is 0.381 e. The summed E-state index contributed by atoms with van der Waals surface area (Å²) in [5.74, 6) is 0.563. The van der Waals surface area contributed by atoms with Crippen molar-refractivity contribution in [2.45, 2.75) is 62.3 Å². The van der Waals surface area contributed by atoms with E-state index in [9.17, 15) is 13.2 Å².